The maximum atomic E-state index is 9.72. The van der Waals surface area contributed by atoms with Gasteiger partial charge in [0.05, 0.1) is 0 Å². The summed E-state index contributed by atoms with van der Waals surface area (Å²) in [5.41, 5.74) is 1.41. The van der Waals surface area contributed by atoms with Crippen molar-refractivity contribution in [1.29, 1.82) is 0 Å². The molecule has 0 fully saturated rings. The third-order valence-electron chi connectivity index (χ3n) is 2.32. The predicted octanol–water partition coefficient (Wildman–Crippen LogP) is 1.71. The molecule has 1 aliphatic carbocycles. The van der Waals surface area contributed by atoms with Crippen molar-refractivity contribution in [2.75, 3.05) is 0 Å². The molecule has 0 saturated carbocycles. The molecule has 2 rings (SSSR count). The highest BCUT2D eigenvalue weighted by atomic mass is 16.5. The molecule has 2 nitrogen and oxygen atoms in total. The smallest absolute Gasteiger partial charge is 0.193 e. The van der Waals surface area contributed by atoms with Gasteiger partial charge < -0.3 is 10.2 Å². The summed E-state index contributed by atoms with van der Waals surface area (Å²) in [6, 6.07) is 9.40. The van der Waals surface area contributed by atoms with Crippen molar-refractivity contribution in [2.45, 2.75) is 12.2 Å². The minimum Gasteiger partial charge on any atom is -0.362 e. The van der Waals surface area contributed by atoms with Crippen LogP contribution in [0.15, 0.2) is 48.6 Å². The maximum Gasteiger partial charge on any atom is 0.193 e. The lowest BCUT2D eigenvalue weighted by Gasteiger charge is -2.26. The van der Waals surface area contributed by atoms with Gasteiger partial charge in [0.25, 0.3) is 0 Å². The van der Waals surface area contributed by atoms with Crippen LogP contribution < -0.4 is 0 Å². The Kier molecular flexibility index (Phi) is 2.23. The van der Waals surface area contributed by atoms with Crippen molar-refractivity contribution in [3.63, 3.8) is 0 Å². The number of hydrogen-bond acceptors (Lipinski definition) is 2. The van der Waals surface area contributed by atoms with Gasteiger partial charge in [-0.1, -0.05) is 48.6 Å². The lowest BCUT2D eigenvalue weighted by Crippen LogP contribution is -2.30. The van der Waals surface area contributed by atoms with E-state index < -0.39 is 5.79 Å². The molecule has 0 spiro atoms. The number of rotatable bonds is 1. The molecule has 72 valence electrons. The van der Waals surface area contributed by atoms with Crippen molar-refractivity contribution in [1.82, 2.24) is 0 Å². The summed E-state index contributed by atoms with van der Waals surface area (Å²) in [7, 11) is 0. The average Bonchev–Trinajstić information content (AvgIpc) is 2.18. The Morgan fingerprint density at radius 3 is 2.43 bits per heavy atom. The van der Waals surface area contributed by atoms with Crippen molar-refractivity contribution in [2.24, 2.45) is 0 Å². The fourth-order valence-electron chi connectivity index (χ4n) is 1.59. The van der Waals surface area contributed by atoms with Gasteiger partial charge in [-0.05, 0) is 5.56 Å². The van der Waals surface area contributed by atoms with Crippen LogP contribution in [0.2, 0.25) is 0 Å². The van der Waals surface area contributed by atoms with E-state index in [1.807, 2.05) is 36.4 Å². The zero-order valence-electron chi connectivity index (χ0n) is 7.72. The molecule has 14 heavy (non-hydrogen) atoms. The van der Waals surface area contributed by atoms with Crippen molar-refractivity contribution in [3.8, 4) is 0 Å². The van der Waals surface area contributed by atoms with E-state index in [2.05, 4.69) is 0 Å². The summed E-state index contributed by atoms with van der Waals surface area (Å²) in [5.74, 6) is -1.73. The van der Waals surface area contributed by atoms with Gasteiger partial charge in [0.15, 0.2) is 5.79 Å². The average molecular weight is 188 g/mol. The van der Waals surface area contributed by atoms with Gasteiger partial charge in [0.2, 0.25) is 0 Å². The molecule has 2 N–H and O–H groups in total. The van der Waals surface area contributed by atoms with Gasteiger partial charge in [-0.3, -0.25) is 0 Å². The first-order valence-corrected chi connectivity index (χ1v) is 4.58. The molecule has 2 heteroatoms. The zero-order chi connectivity index (χ0) is 10.0. The SMILES string of the molecule is OC1(O)CC=CC=C1c1ccccc1. The van der Waals surface area contributed by atoms with Gasteiger partial charge in [0.1, 0.15) is 0 Å². The standard InChI is InChI=1S/C12H12O2/c13-12(14)9-5-4-8-11(12)10-6-2-1-3-7-10/h1-8,13-14H,9H2. The number of benzene rings is 1. The highest BCUT2D eigenvalue weighted by molar-refractivity contribution is 5.73. The Morgan fingerprint density at radius 1 is 1.07 bits per heavy atom. The summed E-state index contributed by atoms with van der Waals surface area (Å²) >= 11 is 0. The second kappa shape index (κ2) is 3.40. The van der Waals surface area contributed by atoms with Gasteiger partial charge in [-0.25, -0.2) is 0 Å². The minimum absolute atomic E-state index is 0.244. The van der Waals surface area contributed by atoms with Crippen LogP contribution in [0.1, 0.15) is 12.0 Å². The fourth-order valence-corrected chi connectivity index (χ4v) is 1.59. The number of allylic oxidation sites excluding steroid dienone is 2. The first-order valence-electron chi connectivity index (χ1n) is 4.58. The van der Waals surface area contributed by atoms with E-state index in [4.69, 9.17) is 0 Å². The van der Waals surface area contributed by atoms with E-state index in [0.29, 0.717) is 5.57 Å². The highest BCUT2D eigenvalue weighted by Gasteiger charge is 2.29. The van der Waals surface area contributed by atoms with Gasteiger partial charge >= 0.3 is 0 Å². The van der Waals surface area contributed by atoms with Crippen LogP contribution in [-0.4, -0.2) is 16.0 Å². The molecule has 1 aromatic carbocycles. The first-order chi connectivity index (χ1) is 6.70. The molecule has 1 aliphatic rings. The predicted molar refractivity (Wildman–Crippen MR) is 55.3 cm³/mol. The second-order valence-electron chi connectivity index (χ2n) is 3.40. The Morgan fingerprint density at radius 2 is 1.79 bits per heavy atom. The Hall–Kier alpha value is -1.38. The van der Waals surface area contributed by atoms with E-state index in [0.717, 1.165) is 5.56 Å². The molecule has 0 amide bonds. The number of aliphatic hydroxyl groups is 2. The lowest BCUT2D eigenvalue weighted by molar-refractivity contribution is -0.105. The van der Waals surface area contributed by atoms with Crippen LogP contribution in [-0.2, 0) is 0 Å². The molecule has 0 saturated heterocycles. The molecule has 1 aromatic rings. The molecular formula is C12H12O2. The third kappa shape index (κ3) is 1.62. The maximum absolute atomic E-state index is 9.72. The quantitative estimate of drug-likeness (QED) is 0.659. The van der Waals surface area contributed by atoms with Crippen molar-refractivity contribution >= 4 is 5.57 Å². The molecule has 0 radical (unpaired) electrons. The summed E-state index contributed by atoms with van der Waals surface area (Å²) in [4.78, 5) is 0. The Labute approximate surface area is 82.8 Å². The van der Waals surface area contributed by atoms with Crippen LogP contribution in [0.3, 0.4) is 0 Å². The van der Waals surface area contributed by atoms with Crippen molar-refractivity contribution < 1.29 is 10.2 Å². The molecule has 0 unspecified atom stereocenters. The molecule has 0 bridgehead atoms. The van der Waals surface area contributed by atoms with E-state index in [1.54, 1.807) is 12.2 Å². The first kappa shape index (κ1) is 9.19. The van der Waals surface area contributed by atoms with Crippen LogP contribution >= 0.6 is 0 Å². The van der Waals surface area contributed by atoms with Crippen LogP contribution in [0.4, 0.5) is 0 Å². The van der Waals surface area contributed by atoms with Gasteiger partial charge in [-0.15, -0.1) is 0 Å². The van der Waals surface area contributed by atoms with Crippen LogP contribution in [0, 0.1) is 0 Å². The lowest BCUT2D eigenvalue weighted by atomic mass is 9.92. The Bertz CT molecular complexity index is 375. The normalized spacial score (nSPS) is 19.1. The van der Waals surface area contributed by atoms with Gasteiger partial charge in [-0.2, -0.15) is 0 Å². The highest BCUT2D eigenvalue weighted by Crippen LogP contribution is 2.30. The van der Waals surface area contributed by atoms with E-state index in [-0.39, 0.29) is 6.42 Å². The minimum atomic E-state index is -1.73. The fraction of sp³-hybridized carbons (Fsp3) is 0.167. The second-order valence-corrected chi connectivity index (χ2v) is 3.40. The van der Waals surface area contributed by atoms with E-state index in [9.17, 15) is 10.2 Å². The van der Waals surface area contributed by atoms with Gasteiger partial charge in [0, 0.05) is 12.0 Å². The molecule has 0 atom stereocenters. The number of hydrogen-bond donors (Lipinski definition) is 2. The van der Waals surface area contributed by atoms with Crippen molar-refractivity contribution in [3.05, 3.63) is 54.1 Å². The summed E-state index contributed by atoms with van der Waals surface area (Å²) in [6.45, 7) is 0. The molecule has 0 heterocycles. The molecule has 0 aliphatic heterocycles. The Balaban J connectivity index is 2.43. The summed E-state index contributed by atoms with van der Waals surface area (Å²) in [5, 5.41) is 19.4. The van der Waals surface area contributed by atoms with Crippen LogP contribution in [0.25, 0.3) is 5.57 Å². The third-order valence-corrected chi connectivity index (χ3v) is 2.32. The monoisotopic (exact) mass is 188 g/mol. The zero-order valence-corrected chi connectivity index (χ0v) is 7.72. The topological polar surface area (TPSA) is 40.5 Å². The van der Waals surface area contributed by atoms with E-state index in [1.165, 1.54) is 0 Å². The molecular weight excluding hydrogens is 176 g/mol. The van der Waals surface area contributed by atoms with E-state index >= 15 is 0 Å². The van der Waals surface area contributed by atoms with Crippen LogP contribution in [0.5, 0.6) is 0 Å². The summed E-state index contributed by atoms with van der Waals surface area (Å²) < 4.78 is 0. The molecule has 0 aromatic heterocycles. The summed E-state index contributed by atoms with van der Waals surface area (Å²) in [6.07, 6.45) is 5.56. The largest absolute Gasteiger partial charge is 0.362 e.